The highest BCUT2D eigenvalue weighted by atomic mass is 19.3. The van der Waals surface area contributed by atoms with Crippen LogP contribution in [0.15, 0.2) is 54.9 Å². The summed E-state index contributed by atoms with van der Waals surface area (Å²) in [6.07, 6.45) is 0.467. The molecule has 0 aliphatic heterocycles. The number of nitrogens with one attached hydrogen (secondary N) is 1. The van der Waals surface area contributed by atoms with Crippen molar-refractivity contribution in [3.05, 3.63) is 54.9 Å². The van der Waals surface area contributed by atoms with Crippen molar-refractivity contribution in [1.29, 1.82) is 0 Å². The summed E-state index contributed by atoms with van der Waals surface area (Å²) in [4.78, 5) is 12.8. The Balaban J connectivity index is 1.44. The van der Waals surface area contributed by atoms with E-state index in [-0.39, 0.29) is 11.4 Å². The molecule has 30 heavy (non-hydrogen) atoms. The van der Waals surface area contributed by atoms with Crippen LogP contribution in [-0.4, -0.2) is 32.6 Å². The van der Waals surface area contributed by atoms with E-state index in [9.17, 15) is 8.78 Å². The Morgan fingerprint density at radius 3 is 2.63 bits per heavy atom. The molecule has 10 heteroatoms. The predicted octanol–water partition coefficient (Wildman–Crippen LogP) is 4.13. The molecular formula is C20H18F2N6O2. The monoisotopic (exact) mass is 412 g/mol. The maximum atomic E-state index is 12.2. The maximum absolute atomic E-state index is 12.2. The van der Waals surface area contributed by atoms with Crippen LogP contribution in [0.1, 0.15) is 0 Å². The molecule has 0 aliphatic carbocycles. The summed E-state index contributed by atoms with van der Waals surface area (Å²) in [5.41, 5.74) is 8.39. The number of aromatic nitrogens is 4. The molecule has 0 unspecified atom stereocenters. The number of fused-ring (bicyclic) bond motifs is 1. The number of nitrogens with two attached hydrogens (primary N) is 1. The minimum absolute atomic E-state index is 0.180. The van der Waals surface area contributed by atoms with Crippen LogP contribution in [0, 0.1) is 0 Å². The average Bonchev–Trinajstić information content (AvgIpc) is 3.05. The summed E-state index contributed by atoms with van der Waals surface area (Å²) < 4.78 is 37.0. The predicted molar refractivity (Wildman–Crippen MR) is 108 cm³/mol. The number of aryl methyl sites for hydroxylation is 1. The molecule has 4 rings (SSSR count). The van der Waals surface area contributed by atoms with Crippen LogP contribution in [0.4, 0.5) is 26.0 Å². The van der Waals surface area contributed by atoms with Crippen molar-refractivity contribution in [3.63, 3.8) is 0 Å². The van der Waals surface area contributed by atoms with E-state index in [0.717, 1.165) is 16.9 Å². The van der Waals surface area contributed by atoms with Crippen LogP contribution in [0.3, 0.4) is 0 Å². The highest BCUT2D eigenvalue weighted by Gasteiger charge is 2.11. The second-order valence-corrected chi connectivity index (χ2v) is 6.36. The number of nitrogen functional groups attached to an aromatic ring is 1. The fourth-order valence-electron chi connectivity index (χ4n) is 2.75. The van der Waals surface area contributed by atoms with Gasteiger partial charge in [0.15, 0.2) is 11.5 Å². The van der Waals surface area contributed by atoms with Crippen molar-refractivity contribution in [2.75, 3.05) is 17.7 Å². The number of nitrogens with zero attached hydrogens (tertiary/aromatic N) is 4. The lowest BCUT2D eigenvalue weighted by Gasteiger charge is -2.11. The molecule has 0 fully saturated rings. The van der Waals surface area contributed by atoms with Crippen molar-refractivity contribution in [2.45, 2.75) is 6.43 Å². The van der Waals surface area contributed by atoms with Gasteiger partial charge in [-0.1, -0.05) is 0 Å². The lowest BCUT2D eigenvalue weighted by Crippen LogP contribution is -2.08. The second kappa shape index (κ2) is 8.19. The summed E-state index contributed by atoms with van der Waals surface area (Å²) in [6, 6.07) is 12.7. The molecule has 0 amide bonds. The van der Waals surface area contributed by atoms with E-state index in [1.165, 1.54) is 12.3 Å². The van der Waals surface area contributed by atoms with Gasteiger partial charge >= 0.3 is 6.01 Å². The first kappa shape index (κ1) is 19.4. The molecule has 1 aromatic carbocycles. The zero-order valence-corrected chi connectivity index (χ0v) is 15.9. The third-order valence-corrected chi connectivity index (χ3v) is 4.18. The van der Waals surface area contributed by atoms with Gasteiger partial charge in [-0.15, -0.1) is 0 Å². The Morgan fingerprint density at radius 1 is 1.13 bits per heavy atom. The Kier molecular flexibility index (Phi) is 5.29. The molecule has 3 aromatic heterocycles. The van der Waals surface area contributed by atoms with Gasteiger partial charge in [-0.2, -0.15) is 4.98 Å². The Morgan fingerprint density at radius 2 is 1.93 bits per heavy atom. The number of benzene rings is 1. The first-order valence-electron chi connectivity index (χ1n) is 8.98. The van der Waals surface area contributed by atoms with Gasteiger partial charge in [0.05, 0.1) is 11.9 Å². The van der Waals surface area contributed by atoms with Crippen molar-refractivity contribution >= 4 is 28.4 Å². The third kappa shape index (κ3) is 4.22. The number of alkyl halides is 2. The topological polar surface area (TPSA) is 100 Å². The zero-order valence-electron chi connectivity index (χ0n) is 15.9. The molecule has 0 bridgehead atoms. The normalized spacial score (nSPS) is 11.1. The Bertz CT molecular complexity index is 1160. The highest BCUT2D eigenvalue weighted by Crippen LogP contribution is 2.28. The van der Waals surface area contributed by atoms with Crippen LogP contribution < -0.4 is 20.5 Å². The van der Waals surface area contributed by atoms with E-state index in [0.29, 0.717) is 17.6 Å². The van der Waals surface area contributed by atoms with Gasteiger partial charge in [0.1, 0.15) is 23.6 Å². The van der Waals surface area contributed by atoms with Gasteiger partial charge in [-0.3, -0.25) is 4.57 Å². The number of hydrogen-bond donors (Lipinski definition) is 2. The fraction of sp³-hybridized carbons (Fsp3) is 0.150. The Labute approximate surface area is 170 Å². The molecule has 8 nitrogen and oxygen atoms in total. The van der Waals surface area contributed by atoms with Gasteiger partial charge in [-0.25, -0.2) is 18.7 Å². The number of hydrogen-bond acceptors (Lipinski definition) is 7. The van der Waals surface area contributed by atoms with Crippen molar-refractivity contribution in [1.82, 2.24) is 19.5 Å². The molecule has 0 radical (unpaired) electrons. The van der Waals surface area contributed by atoms with Gasteiger partial charge in [0.25, 0.3) is 6.43 Å². The summed E-state index contributed by atoms with van der Waals surface area (Å²) in [5, 5.41) is 3.06. The van der Waals surface area contributed by atoms with Gasteiger partial charge in [-0.05, 0) is 36.4 Å². The number of halogens is 2. The molecule has 3 heterocycles. The van der Waals surface area contributed by atoms with Crippen LogP contribution in [-0.2, 0) is 7.05 Å². The highest BCUT2D eigenvalue weighted by molar-refractivity contribution is 5.72. The lowest BCUT2D eigenvalue weighted by molar-refractivity contribution is 0.0817. The molecule has 0 aliphatic rings. The minimum Gasteiger partial charge on any atom is -0.486 e. The van der Waals surface area contributed by atoms with Crippen LogP contribution in [0.2, 0.25) is 0 Å². The van der Waals surface area contributed by atoms with Gasteiger partial charge < -0.3 is 20.5 Å². The minimum atomic E-state index is -2.56. The molecule has 3 N–H and O–H groups in total. The van der Waals surface area contributed by atoms with E-state index in [4.69, 9.17) is 15.2 Å². The number of imidazole rings is 1. The molecule has 0 saturated carbocycles. The van der Waals surface area contributed by atoms with E-state index in [1.807, 2.05) is 19.2 Å². The van der Waals surface area contributed by atoms with Crippen LogP contribution in [0.25, 0.3) is 11.2 Å². The quantitative estimate of drug-likeness (QED) is 0.471. The molecule has 0 saturated heterocycles. The molecule has 4 aromatic rings. The molecular weight excluding hydrogens is 394 g/mol. The number of rotatable bonds is 7. The Hall–Kier alpha value is -3.95. The fourth-order valence-corrected chi connectivity index (χ4v) is 2.75. The number of pyridine rings is 2. The third-order valence-electron chi connectivity index (χ3n) is 4.18. The van der Waals surface area contributed by atoms with E-state index in [1.54, 1.807) is 35.0 Å². The second-order valence-electron chi connectivity index (χ2n) is 6.36. The lowest BCUT2D eigenvalue weighted by atomic mass is 10.3. The first-order chi connectivity index (χ1) is 14.5. The summed E-state index contributed by atoms with van der Waals surface area (Å²) in [5.74, 6) is 1.16. The van der Waals surface area contributed by atoms with Crippen molar-refractivity contribution in [3.8, 4) is 17.5 Å². The first-order valence-corrected chi connectivity index (χ1v) is 8.98. The summed E-state index contributed by atoms with van der Waals surface area (Å²) in [7, 11) is 1.83. The molecule has 0 atom stereocenters. The van der Waals surface area contributed by atoms with Crippen molar-refractivity contribution < 1.29 is 18.3 Å². The van der Waals surface area contributed by atoms with Crippen LogP contribution in [0.5, 0.6) is 17.5 Å². The van der Waals surface area contributed by atoms with Crippen molar-refractivity contribution in [2.24, 2.45) is 7.05 Å². The standard InChI is InChI=1S/C20H18F2N6O2/c1-28-19-16(3-2-8-24-19)27-20(28)30-13-6-4-12(5-7-13)26-18-15(23)9-14(10-25-18)29-11-17(21)22/h2-10,17H,11,23H2,1H3,(H,25,26). The largest absolute Gasteiger partial charge is 0.486 e. The van der Waals surface area contributed by atoms with Gasteiger partial charge in [0, 0.05) is 25.0 Å². The van der Waals surface area contributed by atoms with E-state index >= 15 is 0 Å². The average molecular weight is 412 g/mol. The van der Waals surface area contributed by atoms with Gasteiger partial charge in [0.2, 0.25) is 0 Å². The molecule has 154 valence electrons. The van der Waals surface area contributed by atoms with E-state index < -0.39 is 13.0 Å². The SMILES string of the molecule is Cn1c(Oc2ccc(Nc3ncc(OCC(F)F)cc3N)cc2)nc2cccnc21. The zero-order chi connectivity index (χ0) is 21.1. The number of ether oxygens (including phenoxy) is 2. The molecule has 0 spiro atoms. The number of anilines is 3. The smallest absolute Gasteiger partial charge is 0.303 e. The summed E-state index contributed by atoms with van der Waals surface area (Å²) >= 11 is 0. The van der Waals surface area contributed by atoms with E-state index in [2.05, 4.69) is 20.3 Å². The van der Waals surface area contributed by atoms with Crippen LogP contribution >= 0.6 is 0 Å². The maximum Gasteiger partial charge on any atom is 0.303 e. The summed E-state index contributed by atoms with van der Waals surface area (Å²) in [6.45, 7) is -0.711.